The Labute approximate surface area is 173 Å². The van der Waals surface area contributed by atoms with Gasteiger partial charge in [-0.2, -0.15) is 0 Å². The summed E-state index contributed by atoms with van der Waals surface area (Å²) in [6, 6.07) is 30.1. The fourth-order valence-corrected chi connectivity index (χ4v) is 9.93. The van der Waals surface area contributed by atoms with Gasteiger partial charge in [-0.05, 0) is 24.6 Å². The van der Waals surface area contributed by atoms with Gasteiger partial charge in [0.15, 0.2) is 0 Å². The topological polar surface area (TPSA) is 20.2 Å². The normalized spacial score (nSPS) is 13.2. The average Bonchev–Trinajstić information content (AvgIpc) is 3.08. The van der Waals surface area contributed by atoms with Crippen LogP contribution in [-0.4, -0.2) is 10.0 Å². The summed E-state index contributed by atoms with van der Waals surface area (Å²) in [4.78, 5) is 11.4. The Hall–Kier alpha value is -1.56. The van der Waals surface area contributed by atoms with Gasteiger partial charge in [0.05, 0.1) is 12.8 Å². The van der Waals surface area contributed by atoms with Gasteiger partial charge in [-0.1, -0.05) is 99.6 Å². The Morgan fingerprint density at radius 2 is 1.21 bits per heavy atom. The smallest absolute Gasteiger partial charge is 0.0727 e. The number of benzene rings is 3. The van der Waals surface area contributed by atoms with E-state index in [0.29, 0.717) is 0 Å². The SMILES string of the molecule is CC(C)(C)P(O)c1sc2ccccc2c1P(c1ccccc1)c1ccccc1. The number of fused-ring (bicyclic) bond motifs is 1. The van der Waals surface area contributed by atoms with Crippen molar-refractivity contribution in [2.75, 3.05) is 0 Å². The third-order valence-corrected chi connectivity index (χ3v) is 11.1. The lowest BCUT2D eigenvalue weighted by atomic mass is 10.3. The molecule has 0 radical (unpaired) electrons. The maximum atomic E-state index is 11.4. The lowest BCUT2D eigenvalue weighted by Crippen LogP contribution is -2.31. The molecule has 4 rings (SSSR count). The zero-order chi connectivity index (χ0) is 19.7. The van der Waals surface area contributed by atoms with E-state index in [4.69, 9.17) is 0 Å². The molecule has 1 atom stereocenters. The van der Waals surface area contributed by atoms with Gasteiger partial charge in [-0.15, -0.1) is 11.3 Å². The monoisotopic (exact) mass is 422 g/mol. The predicted octanol–water partition coefficient (Wildman–Crippen LogP) is 5.47. The van der Waals surface area contributed by atoms with Crippen molar-refractivity contribution >= 4 is 58.0 Å². The summed E-state index contributed by atoms with van der Waals surface area (Å²) in [5, 5.41) is 5.11. The summed E-state index contributed by atoms with van der Waals surface area (Å²) in [7, 11) is -2.01. The molecule has 142 valence electrons. The summed E-state index contributed by atoms with van der Waals surface area (Å²) < 4.78 is 2.43. The number of thiophene rings is 1. The first-order valence-electron chi connectivity index (χ1n) is 9.37. The van der Waals surface area contributed by atoms with Gasteiger partial charge in [0, 0.05) is 20.5 Å². The molecule has 4 heteroatoms. The van der Waals surface area contributed by atoms with Crippen molar-refractivity contribution in [3.8, 4) is 0 Å². The van der Waals surface area contributed by atoms with Gasteiger partial charge in [0.1, 0.15) is 0 Å². The molecular weight excluding hydrogens is 398 g/mol. The molecule has 3 aromatic carbocycles. The van der Waals surface area contributed by atoms with Gasteiger partial charge < -0.3 is 4.89 Å². The summed E-state index contributed by atoms with van der Waals surface area (Å²) in [5.41, 5.74) is 0. The van der Waals surface area contributed by atoms with Crippen LogP contribution in [0.3, 0.4) is 0 Å². The molecule has 28 heavy (non-hydrogen) atoms. The van der Waals surface area contributed by atoms with Crippen molar-refractivity contribution in [1.82, 2.24) is 0 Å². The molecule has 0 bridgehead atoms. The maximum absolute atomic E-state index is 11.4. The van der Waals surface area contributed by atoms with Crippen LogP contribution in [0.25, 0.3) is 10.1 Å². The highest BCUT2D eigenvalue weighted by Crippen LogP contribution is 2.49. The van der Waals surface area contributed by atoms with E-state index < -0.39 is 16.1 Å². The van der Waals surface area contributed by atoms with Crippen LogP contribution in [0.15, 0.2) is 84.9 Å². The molecule has 1 N–H and O–H groups in total. The van der Waals surface area contributed by atoms with Crippen LogP contribution >= 0.6 is 27.4 Å². The lowest BCUT2D eigenvalue weighted by molar-refractivity contribution is 0.590. The molecule has 1 nitrogen and oxygen atoms in total. The Kier molecular flexibility index (Phi) is 5.68. The molecule has 0 saturated heterocycles. The molecule has 0 spiro atoms. The van der Waals surface area contributed by atoms with Crippen LogP contribution in [0, 0.1) is 0 Å². The Morgan fingerprint density at radius 3 is 1.75 bits per heavy atom. The Bertz CT molecular complexity index is 1030. The van der Waals surface area contributed by atoms with Gasteiger partial charge in [0.2, 0.25) is 0 Å². The second kappa shape index (κ2) is 8.05. The van der Waals surface area contributed by atoms with Crippen LogP contribution in [0.2, 0.25) is 0 Å². The maximum Gasteiger partial charge on any atom is 0.0727 e. The molecule has 1 heterocycles. The van der Waals surface area contributed by atoms with Gasteiger partial charge in [0.25, 0.3) is 0 Å². The van der Waals surface area contributed by atoms with Crippen LogP contribution in [0.5, 0.6) is 0 Å². The van der Waals surface area contributed by atoms with Crippen LogP contribution in [0.1, 0.15) is 20.8 Å². The van der Waals surface area contributed by atoms with E-state index in [1.165, 1.54) is 30.6 Å². The second-order valence-corrected chi connectivity index (χ2v) is 13.7. The molecule has 1 unspecified atom stereocenters. The molecule has 0 aliphatic carbocycles. The minimum atomic E-state index is -1.26. The average molecular weight is 422 g/mol. The van der Waals surface area contributed by atoms with Crippen molar-refractivity contribution in [3.63, 3.8) is 0 Å². The summed E-state index contributed by atoms with van der Waals surface area (Å²) in [5.74, 6) is 0. The summed E-state index contributed by atoms with van der Waals surface area (Å²) >= 11 is 1.77. The number of hydrogen-bond donors (Lipinski definition) is 1. The van der Waals surface area contributed by atoms with Crippen molar-refractivity contribution < 1.29 is 4.89 Å². The quantitative estimate of drug-likeness (QED) is 0.432. The molecule has 0 aliphatic rings. The molecule has 1 aromatic heterocycles. The van der Waals surface area contributed by atoms with Gasteiger partial charge >= 0.3 is 0 Å². The van der Waals surface area contributed by atoms with Gasteiger partial charge in [-0.3, -0.25) is 0 Å². The standard InChI is InChI=1S/C24H24OP2S/c1-24(2,3)27(25)23-22(20-16-10-11-17-21(20)28-23)26(18-12-6-4-7-13-18)19-14-8-5-9-15-19/h4-17,25H,1-3H3. The summed E-state index contributed by atoms with van der Waals surface area (Å²) in [6.45, 7) is 6.42. The number of rotatable bonds is 4. The fraction of sp³-hybridized carbons (Fsp3) is 0.167. The van der Waals surface area contributed by atoms with Gasteiger partial charge in [-0.25, -0.2) is 0 Å². The van der Waals surface area contributed by atoms with E-state index in [-0.39, 0.29) is 5.16 Å². The largest absolute Gasteiger partial charge is 0.368 e. The minimum absolute atomic E-state index is 0.153. The Balaban J connectivity index is 2.03. The van der Waals surface area contributed by atoms with E-state index in [9.17, 15) is 4.89 Å². The van der Waals surface area contributed by atoms with Crippen molar-refractivity contribution in [2.24, 2.45) is 0 Å². The van der Waals surface area contributed by atoms with Crippen LogP contribution in [-0.2, 0) is 0 Å². The highest BCUT2D eigenvalue weighted by Gasteiger charge is 2.33. The molecule has 0 amide bonds. The van der Waals surface area contributed by atoms with Crippen molar-refractivity contribution in [3.05, 3.63) is 84.9 Å². The zero-order valence-electron chi connectivity index (χ0n) is 16.3. The minimum Gasteiger partial charge on any atom is -0.368 e. The highest BCUT2D eigenvalue weighted by molar-refractivity contribution is 7.84. The van der Waals surface area contributed by atoms with Crippen molar-refractivity contribution in [2.45, 2.75) is 25.9 Å². The second-order valence-electron chi connectivity index (χ2n) is 7.74. The fourth-order valence-electron chi connectivity index (χ4n) is 3.24. The van der Waals surface area contributed by atoms with E-state index in [1.807, 2.05) is 0 Å². The van der Waals surface area contributed by atoms with E-state index in [2.05, 4.69) is 106 Å². The third-order valence-electron chi connectivity index (χ3n) is 4.63. The molecule has 4 aromatic rings. The first kappa shape index (κ1) is 19.7. The molecule has 0 aliphatic heterocycles. The highest BCUT2D eigenvalue weighted by atomic mass is 32.1. The lowest BCUT2D eigenvalue weighted by Gasteiger charge is -2.28. The van der Waals surface area contributed by atoms with Crippen LogP contribution in [0.4, 0.5) is 0 Å². The van der Waals surface area contributed by atoms with Crippen LogP contribution < -0.4 is 20.5 Å². The van der Waals surface area contributed by atoms with Crippen molar-refractivity contribution in [1.29, 1.82) is 0 Å². The predicted molar refractivity (Wildman–Crippen MR) is 129 cm³/mol. The van der Waals surface area contributed by atoms with E-state index in [1.54, 1.807) is 11.3 Å². The first-order chi connectivity index (χ1) is 13.5. The molecule has 0 saturated carbocycles. The third kappa shape index (κ3) is 3.80. The molecular formula is C24H24OP2S. The Morgan fingerprint density at radius 1 is 0.714 bits per heavy atom. The van der Waals surface area contributed by atoms with E-state index in [0.717, 1.165) is 0 Å². The zero-order valence-corrected chi connectivity index (χ0v) is 18.9. The first-order valence-corrected chi connectivity index (χ1v) is 12.8. The van der Waals surface area contributed by atoms with E-state index >= 15 is 0 Å². The summed E-state index contributed by atoms with van der Waals surface area (Å²) in [6.07, 6.45) is 0. The number of hydrogen-bond acceptors (Lipinski definition) is 2. The molecule has 0 fully saturated rings.